The maximum absolute atomic E-state index is 11.0. The van der Waals surface area contributed by atoms with Gasteiger partial charge in [0.25, 0.3) is 0 Å². The zero-order valence-corrected chi connectivity index (χ0v) is 17.8. The molecular formula is C24H31NO5. The molecule has 0 spiro atoms. The molecule has 0 amide bonds. The Morgan fingerprint density at radius 2 is 1.93 bits per heavy atom. The number of ether oxygens (including phenoxy) is 3. The van der Waals surface area contributed by atoms with Crippen LogP contribution in [-0.2, 0) is 11.2 Å². The van der Waals surface area contributed by atoms with E-state index in [2.05, 4.69) is 4.98 Å². The molecule has 1 heterocycles. The van der Waals surface area contributed by atoms with Gasteiger partial charge in [-0.15, -0.1) is 0 Å². The lowest BCUT2D eigenvalue weighted by molar-refractivity contribution is -0.141. The smallest absolute Gasteiger partial charge is 0.306 e. The first kappa shape index (κ1) is 21.9. The van der Waals surface area contributed by atoms with E-state index < -0.39 is 11.9 Å². The molecule has 1 aromatic carbocycles. The number of hydrogen-bond acceptors (Lipinski definition) is 5. The molecule has 2 fully saturated rings. The second-order valence-electron chi connectivity index (χ2n) is 8.07. The summed E-state index contributed by atoms with van der Waals surface area (Å²) in [5.74, 6) is 1.35. The SMILES string of the molecule is C1CC1.COc1ccnc(OC2CC(COc3cccc(CC(C)C(=O)O)c3)C2)c1. The van der Waals surface area contributed by atoms with Crippen LogP contribution in [0, 0.1) is 11.8 Å². The van der Waals surface area contributed by atoms with Crippen molar-refractivity contribution in [3.05, 3.63) is 48.2 Å². The summed E-state index contributed by atoms with van der Waals surface area (Å²) in [6, 6.07) is 11.2. The highest BCUT2D eigenvalue weighted by molar-refractivity contribution is 5.69. The van der Waals surface area contributed by atoms with Gasteiger partial charge < -0.3 is 19.3 Å². The highest BCUT2D eigenvalue weighted by atomic mass is 16.5. The van der Waals surface area contributed by atoms with Gasteiger partial charge in [0.1, 0.15) is 17.6 Å². The minimum atomic E-state index is -0.785. The largest absolute Gasteiger partial charge is 0.497 e. The average Bonchev–Trinajstić information content (AvgIpc) is 3.59. The minimum Gasteiger partial charge on any atom is -0.497 e. The van der Waals surface area contributed by atoms with Crippen LogP contribution in [0.15, 0.2) is 42.6 Å². The van der Waals surface area contributed by atoms with Crippen LogP contribution in [0.25, 0.3) is 0 Å². The number of pyridine rings is 1. The molecule has 0 bridgehead atoms. The summed E-state index contributed by atoms with van der Waals surface area (Å²) in [5, 5.41) is 9.03. The highest BCUT2D eigenvalue weighted by Gasteiger charge is 2.31. The van der Waals surface area contributed by atoms with Gasteiger partial charge in [0.05, 0.1) is 19.6 Å². The van der Waals surface area contributed by atoms with Crippen LogP contribution in [0.3, 0.4) is 0 Å². The van der Waals surface area contributed by atoms with Crippen LogP contribution in [0.4, 0.5) is 0 Å². The summed E-state index contributed by atoms with van der Waals surface area (Å²) < 4.78 is 16.9. The van der Waals surface area contributed by atoms with Crippen molar-refractivity contribution in [3.8, 4) is 17.4 Å². The van der Waals surface area contributed by atoms with E-state index in [9.17, 15) is 4.79 Å². The molecule has 1 atom stereocenters. The molecule has 6 heteroatoms. The van der Waals surface area contributed by atoms with Crippen molar-refractivity contribution in [3.63, 3.8) is 0 Å². The average molecular weight is 414 g/mol. The summed E-state index contributed by atoms with van der Waals surface area (Å²) in [6.07, 6.45) is 8.68. The summed E-state index contributed by atoms with van der Waals surface area (Å²) >= 11 is 0. The number of carbonyl (C=O) groups is 1. The lowest BCUT2D eigenvalue weighted by Gasteiger charge is -2.34. The molecule has 4 rings (SSSR count). The van der Waals surface area contributed by atoms with E-state index in [-0.39, 0.29) is 6.10 Å². The van der Waals surface area contributed by atoms with Crippen LogP contribution < -0.4 is 14.2 Å². The maximum atomic E-state index is 11.0. The predicted octanol–water partition coefficient (Wildman–Crippen LogP) is 4.76. The molecule has 1 N–H and O–H groups in total. The van der Waals surface area contributed by atoms with E-state index in [1.165, 1.54) is 19.3 Å². The van der Waals surface area contributed by atoms with Crippen LogP contribution in [0.2, 0.25) is 0 Å². The number of hydrogen-bond donors (Lipinski definition) is 1. The van der Waals surface area contributed by atoms with E-state index in [1.54, 1.807) is 32.4 Å². The highest BCUT2D eigenvalue weighted by Crippen LogP contribution is 2.32. The summed E-state index contributed by atoms with van der Waals surface area (Å²) in [5.41, 5.74) is 0.973. The number of carboxylic acid groups (broad SMARTS) is 1. The Kier molecular flexibility index (Phi) is 7.94. The molecule has 2 aliphatic rings. The van der Waals surface area contributed by atoms with Crippen molar-refractivity contribution in [2.24, 2.45) is 11.8 Å². The molecule has 1 aromatic heterocycles. The zero-order valence-electron chi connectivity index (χ0n) is 17.8. The molecule has 2 aromatic rings. The number of aliphatic carboxylic acids is 1. The number of methoxy groups -OCH3 is 1. The third kappa shape index (κ3) is 7.25. The Morgan fingerprint density at radius 3 is 2.60 bits per heavy atom. The van der Waals surface area contributed by atoms with E-state index in [0.29, 0.717) is 24.8 Å². The van der Waals surface area contributed by atoms with Gasteiger partial charge >= 0.3 is 5.97 Å². The molecule has 162 valence electrons. The summed E-state index contributed by atoms with van der Waals surface area (Å²) in [6.45, 7) is 2.34. The number of carboxylic acids is 1. The fourth-order valence-corrected chi connectivity index (χ4v) is 3.08. The molecule has 1 unspecified atom stereocenters. The second-order valence-corrected chi connectivity index (χ2v) is 8.07. The fourth-order valence-electron chi connectivity index (χ4n) is 3.08. The first-order valence-electron chi connectivity index (χ1n) is 10.6. The van der Waals surface area contributed by atoms with Crippen molar-refractivity contribution >= 4 is 5.97 Å². The van der Waals surface area contributed by atoms with Crippen LogP contribution in [0.1, 0.15) is 44.6 Å². The summed E-state index contributed by atoms with van der Waals surface area (Å²) in [7, 11) is 1.62. The van der Waals surface area contributed by atoms with E-state index in [0.717, 1.165) is 29.9 Å². The van der Waals surface area contributed by atoms with Crippen LogP contribution >= 0.6 is 0 Å². The third-order valence-corrected chi connectivity index (χ3v) is 5.12. The quantitative estimate of drug-likeness (QED) is 0.639. The van der Waals surface area contributed by atoms with Gasteiger partial charge in [-0.1, -0.05) is 38.3 Å². The molecule has 0 saturated heterocycles. The van der Waals surface area contributed by atoms with E-state index >= 15 is 0 Å². The molecule has 2 saturated carbocycles. The topological polar surface area (TPSA) is 77.9 Å². The van der Waals surface area contributed by atoms with E-state index in [4.69, 9.17) is 19.3 Å². The predicted molar refractivity (Wildman–Crippen MR) is 114 cm³/mol. The van der Waals surface area contributed by atoms with E-state index in [1.807, 2.05) is 24.3 Å². The number of rotatable bonds is 9. The summed E-state index contributed by atoms with van der Waals surface area (Å²) in [4.78, 5) is 15.2. The molecular weight excluding hydrogens is 382 g/mol. The maximum Gasteiger partial charge on any atom is 0.306 e. The Balaban J connectivity index is 0.000000782. The molecule has 2 aliphatic carbocycles. The van der Waals surface area contributed by atoms with Gasteiger partial charge in [-0.25, -0.2) is 4.98 Å². The Bertz CT molecular complexity index is 814. The molecule has 6 nitrogen and oxygen atoms in total. The van der Waals surface area contributed by atoms with Crippen molar-refractivity contribution in [2.75, 3.05) is 13.7 Å². The number of aromatic nitrogens is 1. The third-order valence-electron chi connectivity index (χ3n) is 5.12. The van der Waals surface area contributed by atoms with Gasteiger partial charge in [-0.2, -0.15) is 0 Å². The lowest BCUT2D eigenvalue weighted by Crippen LogP contribution is -2.37. The number of nitrogens with zero attached hydrogens (tertiary/aromatic N) is 1. The van der Waals surface area contributed by atoms with Crippen molar-refractivity contribution in [2.45, 2.75) is 51.6 Å². The van der Waals surface area contributed by atoms with Crippen molar-refractivity contribution < 1.29 is 24.1 Å². The first-order chi connectivity index (χ1) is 14.5. The second kappa shape index (κ2) is 10.9. The number of benzene rings is 1. The van der Waals surface area contributed by atoms with Crippen LogP contribution in [0.5, 0.6) is 17.4 Å². The van der Waals surface area contributed by atoms with Crippen molar-refractivity contribution in [1.29, 1.82) is 0 Å². The molecule has 30 heavy (non-hydrogen) atoms. The van der Waals surface area contributed by atoms with Crippen LogP contribution in [-0.4, -0.2) is 35.9 Å². The molecule has 0 aliphatic heterocycles. The Hall–Kier alpha value is -2.76. The van der Waals surface area contributed by atoms with Gasteiger partial charge in [-0.3, -0.25) is 4.79 Å². The van der Waals surface area contributed by atoms with Gasteiger partial charge in [-0.05, 0) is 48.9 Å². The van der Waals surface area contributed by atoms with Gasteiger partial charge in [0.2, 0.25) is 5.88 Å². The van der Waals surface area contributed by atoms with Crippen molar-refractivity contribution in [1.82, 2.24) is 4.98 Å². The first-order valence-corrected chi connectivity index (χ1v) is 10.6. The Morgan fingerprint density at radius 1 is 1.17 bits per heavy atom. The normalized spacial score (nSPS) is 20.1. The zero-order chi connectivity index (χ0) is 21.3. The monoisotopic (exact) mass is 413 g/mol. The van der Waals surface area contributed by atoms with Gasteiger partial charge in [0, 0.05) is 12.3 Å². The lowest BCUT2D eigenvalue weighted by atomic mass is 9.83. The Labute approximate surface area is 178 Å². The van der Waals surface area contributed by atoms with Gasteiger partial charge in [0.15, 0.2) is 0 Å². The molecule has 0 radical (unpaired) electrons. The minimum absolute atomic E-state index is 0.154. The standard InChI is InChI=1S/C21H25NO5.C3H6/c1-14(21(23)24)8-15-4-3-5-18(9-15)26-13-16-10-19(11-16)27-20-12-17(25-2)6-7-22-20;1-2-3-1/h3-7,9,12,14,16,19H,8,10-11,13H2,1-2H3,(H,23,24);1-3H2. The fraction of sp³-hybridized carbons (Fsp3) is 0.500.